The molecule has 168 valence electrons. The lowest BCUT2D eigenvalue weighted by atomic mass is 9.80. The number of thioether (sulfide) groups is 2. The average molecular weight is 455 g/mol. The predicted octanol–water partition coefficient (Wildman–Crippen LogP) is 3.41. The first-order valence-electron chi connectivity index (χ1n) is 10.8. The molecule has 3 aliphatic heterocycles. The van der Waals surface area contributed by atoms with Gasteiger partial charge in [0.25, 0.3) is 0 Å². The fourth-order valence-electron chi connectivity index (χ4n) is 5.44. The van der Waals surface area contributed by atoms with Crippen molar-refractivity contribution in [3.63, 3.8) is 0 Å². The van der Waals surface area contributed by atoms with Crippen LogP contribution in [0.2, 0.25) is 0 Å². The van der Waals surface area contributed by atoms with E-state index >= 15 is 0 Å². The summed E-state index contributed by atoms with van der Waals surface area (Å²) in [4.78, 5) is 42.4. The fourth-order valence-corrected chi connectivity index (χ4v) is 8.00. The Balaban J connectivity index is 1.94. The zero-order valence-electron chi connectivity index (χ0n) is 18.9. The second-order valence-electron chi connectivity index (χ2n) is 9.14. The molecule has 30 heavy (non-hydrogen) atoms. The Bertz CT molecular complexity index is 785. The Morgan fingerprint density at radius 1 is 1.07 bits per heavy atom. The summed E-state index contributed by atoms with van der Waals surface area (Å²) >= 11 is 2.80. The van der Waals surface area contributed by atoms with E-state index in [4.69, 9.17) is 5.11 Å². The highest BCUT2D eigenvalue weighted by Gasteiger charge is 2.64. The molecule has 3 rings (SSSR count). The van der Waals surface area contributed by atoms with Gasteiger partial charge in [-0.25, -0.2) is 0 Å². The highest BCUT2D eigenvalue weighted by molar-refractivity contribution is 8.15. The molecule has 5 unspecified atom stereocenters. The molecular formula is C22H34N2O4S2. The molecule has 1 N–H and O–H groups in total. The van der Waals surface area contributed by atoms with Crippen LogP contribution in [0.25, 0.3) is 0 Å². The lowest BCUT2D eigenvalue weighted by molar-refractivity contribution is -0.137. The molecule has 0 aromatic rings. The fraction of sp³-hybridized carbons (Fsp3) is 0.773. The molecule has 6 nitrogen and oxygen atoms in total. The Morgan fingerprint density at radius 3 is 2.20 bits per heavy atom. The first-order chi connectivity index (χ1) is 14.0. The van der Waals surface area contributed by atoms with Crippen LogP contribution in [0.3, 0.4) is 0 Å². The second kappa shape index (κ2) is 8.60. The minimum absolute atomic E-state index is 0.0985. The van der Waals surface area contributed by atoms with Crippen molar-refractivity contribution in [2.45, 2.75) is 88.2 Å². The molecule has 3 heterocycles. The number of carbonyl (C=O) groups excluding carboxylic acids is 2. The van der Waals surface area contributed by atoms with Crippen molar-refractivity contribution in [1.82, 2.24) is 9.80 Å². The number of unbranched alkanes of at least 4 members (excludes halogenated alkanes) is 1. The molecule has 0 saturated carbocycles. The third kappa shape index (κ3) is 3.57. The van der Waals surface area contributed by atoms with Crippen molar-refractivity contribution < 1.29 is 19.5 Å². The minimum atomic E-state index is -0.819. The maximum absolute atomic E-state index is 13.8. The van der Waals surface area contributed by atoms with Crippen LogP contribution in [0.1, 0.15) is 59.8 Å². The summed E-state index contributed by atoms with van der Waals surface area (Å²) in [6, 6.07) is 0.209. The first kappa shape index (κ1) is 23.8. The molecule has 0 radical (unpaired) electrons. The number of carboxylic acid groups (broad SMARTS) is 1. The summed E-state index contributed by atoms with van der Waals surface area (Å²) in [5.41, 5.74) is 0.602. The van der Waals surface area contributed by atoms with Gasteiger partial charge in [-0.1, -0.05) is 29.9 Å². The zero-order chi connectivity index (χ0) is 22.4. The Kier molecular flexibility index (Phi) is 6.83. The van der Waals surface area contributed by atoms with E-state index in [1.54, 1.807) is 0 Å². The summed E-state index contributed by atoms with van der Waals surface area (Å²) in [6.45, 7) is 8.26. The number of likely N-dealkylation sites (N-methyl/N-ethyl adjacent to an activating group) is 2. The summed E-state index contributed by atoms with van der Waals surface area (Å²) in [7, 11) is 4.00. The maximum Gasteiger partial charge on any atom is 0.303 e. The van der Waals surface area contributed by atoms with Crippen LogP contribution in [-0.2, 0) is 14.4 Å². The van der Waals surface area contributed by atoms with Crippen molar-refractivity contribution in [1.29, 1.82) is 0 Å². The van der Waals surface area contributed by atoms with Crippen molar-refractivity contribution in [3.8, 4) is 0 Å². The minimum Gasteiger partial charge on any atom is -0.481 e. The maximum atomic E-state index is 13.8. The predicted molar refractivity (Wildman–Crippen MR) is 123 cm³/mol. The Morgan fingerprint density at radius 2 is 1.63 bits per heavy atom. The van der Waals surface area contributed by atoms with Gasteiger partial charge in [0.05, 0.1) is 0 Å². The van der Waals surface area contributed by atoms with E-state index in [1.807, 2.05) is 27.9 Å². The number of rotatable bonds is 5. The van der Waals surface area contributed by atoms with Gasteiger partial charge in [-0.15, -0.1) is 0 Å². The molecule has 1 fully saturated rings. The summed E-state index contributed by atoms with van der Waals surface area (Å²) < 4.78 is 0. The van der Waals surface area contributed by atoms with Gasteiger partial charge < -0.3 is 5.11 Å². The van der Waals surface area contributed by atoms with Crippen molar-refractivity contribution >= 4 is 39.7 Å². The molecule has 3 aliphatic rings. The first-order valence-corrected chi connectivity index (χ1v) is 12.6. The number of carboxylic acids is 1. The lowest BCUT2D eigenvalue weighted by Crippen LogP contribution is -2.61. The summed E-state index contributed by atoms with van der Waals surface area (Å²) in [6.07, 6.45) is 3.14. The number of nitrogens with zero attached hydrogens (tertiary/aromatic N) is 2. The van der Waals surface area contributed by atoms with Crippen LogP contribution in [0.5, 0.6) is 0 Å². The van der Waals surface area contributed by atoms with E-state index in [9.17, 15) is 14.4 Å². The third-order valence-electron chi connectivity index (χ3n) is 7.64. The zero-order valence-corrected chi connectivity index (χ0v) is 20.5. The molecule has 0 bridgehead atoms. The van der Waals surface area contributed by atoms with Crippen LogP contribution in [0.4, 0.5) is 0 Å². The third-order valence-corrected chi connectivity index (χ3v) is 10.2. The number of hydrogen-bond acceptors (Lipinski definition) is 7. The average Bonchev–Trinajstić information content (AvgIpc) is 3.02. The van der Waals surface area contributed by atoms with Gasteiger partial charge in [0.2, 0.25) is 10.2 Å². The van der Waals surface area contributed by atoms with E-state index < -0.39 is 17.0 Å². The van der Waals surface area contributed by atoms with Crippen LogP contribution in [-0.4, -0.2) is 79.4 Å². The van der Waals surface area contributed by atoms with E-state index in [1.165, 1.54) is 29.1 Å². The summed E-state index contributed by atoms with van der Waals surface area (Å²) in [5, 5.41) is 9.21. The van der Waals surface area contributed by atoms with Crippen molar-refractivity contribution in [2.75, 3.05) is 19.8 Å². The van der Waals surface area contributed by atoms with Gasteiger partial charge >= 0.3 is 5.97 Å². The molecule has 1 saturated heterocycles. The lowest BCUT2D eigenvalue weighted by Gasteiger charge is -2.46. The van der Waals surface area contributed by atoms with Crippen LogP contribution in [0, 0.1) is 0 Å². The van der Waals surface area contributed by atoms with E-state index in [0.29, 0.717) is 12.2 Å². The second-order valence-corrected chi connectivity index (χ2v) is 11.5. The molecule has 8 heteroatoms. The van der Waals surface area contributed by atoms with E-state index in [2.05, 4.69) is 23.6 Å². The standard InChI is InChI=1S/C22H34N2O4S2/c1-13-17-14(2)24(6)22(4)18(17)21(3,23(13)5)19(27)29-12-11-15(30-20(22)28)9-7-8-10-16(25)26/h13-15H,7-12H2,1-6H3,(H,25,26). The molecule has 0 aliphatic carbocycles. The van der Waals surface area contributed by atoms with E-state index in [-0.39, 0.29) is 34.0 Å². The topological polar surface area (TPSA) is 77.9 Å². The van der Waals surface area contributed by atoms with Crippen LogP contribution < -0.4 is 0 Å². The van der Waals surface area contributed by atoms with Gasteiger partial charge in [0.1, 0.15) is 11.1 Å². The normalized spacial score (nSPS) is 38.3. The quantitative estimate of drug-likeness (QED) is 0.500. The van der Waals surface area contributed by atoms with Gasteiger partial charge in [-0.05, 0) is 72.2 Å². The Hall–Kier alpha value is -0.830. The largest absolute Gasteiger partial charge is 0.481 e. The smallest absolute Gasteiger partial charge is 0.303 e. The molecular weight excluding hydrogens is 420 g/mol. The molecule has 0 aromatic heterocycles. The SMILES string of the molecule is CC1C2=C3C(C)(C(=O)SCCC(CCCCC(=O)O)SC(=O)C3(C)N(C)C2C)N1C. The van der Waals surface area contributed by atoms with Gasteiger partial charge in [0.15, 0.2) is 0 Å². The van der Waals surface area contributed by atoms with Gasteiger partial charge in [-0.2, -0.15) is 0 Å². The highest BCUT2D eigenvalue weighted by Crippen LogP contribution is 2.55. The number of aliphatic carboxylic acids is 1. The van der Waals surface area contributed by atoms with Crippen LogP contribution >= 0.6 is 23.5 Å². The Labute approximate surface area is 188 Å². The molecule has 0 spiro atoms. The number of carbonyl (C=O) groups is 3. The summed E-state index contributed by atoms with van der Waals surface area (Å²) in [5.74, 6) is -0.0937. The van der Waals surface area contributed by atoms with Crippen LogP contribution in [0.15, 0.2) is 11.1 Å². The van der Waals surface area contributed by atoms with E-state index in [0.717, 1.165) is 24.8 Å². The monoisotopic (exact) mass is 454 g/mol. The number of hydrogen-bond donors (Lipinski definition) is 1. The molecule has 0 amide bonds. The van der Waals surface area contributed by atoms with Gasteiger partial charge in [-0.3, -0.25) is 24.2 Å². The molecule has 5 atom stereocenters. The van der Waals surface area contributed by atoms with Crippen molar-refractivity contribution in [2.24, 2.45) is 0 Å². The van der Waals surface area contributed by atoms with Gasteiger partial charge in [0, 0.05) is 29.5 Å². The molecule has 0 aromatic carbocycles. The van der Waals surface area contributed by atoms with Crippen molar-refractivity contribution in [3.05, 3.63) is 11.1 Å². The highest BCUT2D eigenvalue weighted by atomic mass is 32.2.